The van der Waals surface area contributed by atoms with Crippen LogP contribution in [0.1, 0.15) is 75.5 Å². The summed E-state index contributed by atoms with van der Waals surface area (Å²) in [4.78, 5) is 0. The van der Waals surface area contributed by atoms with Gasteiger partial charge in [0.1, 0.15) is 6.54 Å². The Hall–Kier alpha value is -4.30. The molecule has 4 aromatic carbocycles. The van der Waals surface area contributed by atoms with Crippen LogP contribution in [0.4, 0.5) is 0 Å². The zero-order valence-corrected chi connectivity index (χ0v) is 27.4. The van der Waals surface area contributed by atoms with Gasteiger partial charge in [0.25, 0.3) is 0 Å². The Labute approximate surface area is 269 Å². The minimum absolute atomic E-state index is 0.0253. The molecule has 0 saturated heterocycles. The molecule has 1 aliphatic heterocycles. The van der Waals surface area contributed by atoms with Crippen molar-refractivity contribution in [1.82, 2.24) is 0 Å². The van der Waals surface area contributed by atoms with Crippen molar-refractivity contribution in [1.29, 1.82) is 0 Å². The first-order valence-electron chi connectivity index (χ1n) is 17.1. The predicted molar refractivity (Wildman–Crippen MR) is 188 cm³/mol. The van der Waals surface area contributed by atoms with Crippen molar-refractivity contribution in [3.8, 4) is 22.4 Å². The Bertz CT molecular complexity index is 1980. The van der Waals surface area contributed by atoms with Gasteiger partial charge in [-0.25, -0.2) is 0 Å². The highest BCUT2D eigenvalue weighted by atomic mass is 15.1. The summed E-state index contributed by atoms with van der Waals surface area (Å²) in [5.74, 6) is 0.409. The fourth-order valence-corrected chi connectivity index (χ4v) is 8.33. The molecule has 0 N–H and O–H groups in total. The maximum atomic E-state index is 2.71. The van der Waals surface area contributed by atoms with Gasteiger partial charge in [0.05, 0.1) is 16.7 Å². The summed E-state index contributed by atoms with van der Waals surface area (Å²) in [6.45, 7) is 10.3. The molecular weight excluding hydrogens is 544 g/mol. The van der Waals surface area contributed by atoms with Crippen LogP contribution in [0.5, 0.6) is 0 Å². The molecule has 0 spiro atoms. The van der Waals surface area contributed by atoms with Crippen LogP contribution in [0.25, 0.3) is 44.1 Å². The molecular formula is C43H46N2+2. The highest BCUT2D eigenvalue weighted by molar-refractivity contribution is 6.07. The van der Waals surface area contributed by atoms with E-state index in [-0.39, 0.29) is 5.54 Å². The van der Waals surface area contributed by atoms with E-state index in [1.165, 1.54) is 73.6 Å². The maximum Gasteiger partial charge on any atom is 0.221 e. The van der Waals surface area contributed by atoms with E-state index in [1.807, 2.05) is 0 Å². The van der Waals surface area contributed by atoms with Gasteiger partial charge >= 0.3 is 0 Å². The molecule has 6 aromatic rings. The third kappa shape index (κ3) is 4.96. The van der Waals surface area contributed by atoms with E-state index < -0.39 is 0 Å². The van der Waals surface area contributed by atoms with Gasteiger partial charge in [-0.05, 0) is 65.1 Å². The normalized spacial score (nSPS) is 15.2. The Morgan fingerprint density at radius 3 is 2.31 bits per heavy atom. The summed E-state index contributed by atoms with van der Waals surface area (Å²) < 4.78 is 5.23. The largest absolute Gasteiger partial charge is 0.221 e. The molecule has 0 aliphatic carbocycles. The molecule has 226 valence electrons. The number of unbranched alkanes of at least 4 members (excludes halogenated alkanes) is 1. The van der Waals surface area contributed by atoms with E-state index in [2.05, 4.69) is 152 Å². The van der Waals surface area contributed by atoms with Gasteiger partial charge in [-0.3, -0.25) is 0 Å². The number of nitrogens with zero attached hydrogens (tertiary/aromatic N) is 2. The van der Waals surface area contributed by atoms with Crippen LogP contribution in [-0.4, -0.2) is 0 Å². The molecule has 0 amide bonds. The van der Waals surface area contributed by atoms with E-state index >= 15 is 0 Å². The van der Waals surface area contributed by atoms with Crippen LogP contribution >= 0.6 is 0 Å². The lowest BCUT2D eigenvalue weighted by Crippen LogP contribution is -2.61. The SMILES string of the molecule is CCCCc1cc[n+]2c3c1ccc1cccc(c13)C(CC[n+]1ccc(-c3ccccc3)cc1-c1ccccc1C)C2(CC)CC. The molecule has 1 atom stereocenters. The van der Waals surface area contributed by atoms with E-state index in [9.17, 15) is 0 Å². The smallest absolute Gasteiger partial charge is 0.198 e. The lowest BCUT2D eigenvalue weighted by atomic mass is 9.69. The van der Waals surface area contributed by atoms with Crippen LogP contribution in [0, 0.1) is 6.92 Å². The Morgan fingerprint density at radius 1 is 0.733 bits per heavy atom. The Morgan fingerprint density at radius 2 is 1.53 bits per heavy atom. The number of aryl methyl sites for hydroxylation is 3. The van der Waals surface area contributed by atoms with Crippen LogP contribution in [0.3, 0.4) is 0 Å². The number of aromatic nitrogens is 2. The molecule has 1 aliphatic rings. The predicted octanol–water partition coefficient (Wildman–Crippen LogP) is 10.3. The molecule has 2 heteroatoms. The van der Waals surface area contributed by atoms with E-state index in [1.54, 1.807) is 0 Å². The van der Waals surface area contributed by atoms with E-state index in [0.29, 0.717) is 5.92 Å². The fraction of sp³-hybridized carbons (Fsp3) is 0.302. The average molecular weight is 591 g/mol. The molecule has 2 nitrogen and oxygen atoms in total. The third-order valence-corrected chi connectivity index (χ3v) is 10.8. The van der Waals surface area contributed by atoms with Gasteiger partial charge in [0, 0.05) is 43.0 Å². The highest BCUT2D eigenvalue weighted by Crippen LogP contribution is 2.47. The lowest BCUT2D eigenvalue weighted by molar-refractivity contribution is -0.751. The van der Waals surface area contributed by atoms with Gasteiger partial charge in [0.15, 0.2) is 17.9 Å². The quantitative estimate of drug-likeness (QED) is 0.111. The minimum Gasteiger partial charge on any atom is -0.198 e. The Kier molecular flexibility index (Phi) is 8.00. The first-order valence-corrected chi connectivity index (χ1v) is 17.1. The number of pyridine rings is 2. The van der Waals surface area contributed by atoms with Crippen LogP contribution in [0.15, 0.2) is 116 Å². The van der Waals surface area contributed by atoms with E-state index in [4.69, 9.17) is 0 Å². The standard InChI is InChI=1S/C43H46N2/c1-5-8-16-33-25-29-45-42-37(33)23-22-34-19-14-21-38(41(34)42)39(43(45,6-2)7-3)26-28-44-27-24-35(32-17-10-9-11-18-32)30-40(44)36-20-13-12-15-31(36)4/h9-15,17-25,27,29-30,39H,5-8,16,26,28H2,1-4H3/q+2. The van der Waals surface area contributed by atoms with Crippen molar-refractivity contribution in [3.63, 3.8) is 0 Å². The second-order valence-electron chi connectivity index (χ2n) is 13.0. The van der Waals surface area contributed by atoms with Crippen LogP contribution < -0.4 is 9.13 Å². The van der Waals surface area contributed by atoms with Crippen molar-refractivity contribution in [2.75, 3.05) is 0 Å². The molecule has 0 bridgehead atoms. The number of hydrogen-bond donors (Lipinski definition) is 0. The number of hydrogen-bond acceptors (Lipinski definition) is 0. The Balaban J connectivity index is 1.36. The molecule has 2 aromatic heterocycles. The van der Waals surface area contributed by atoms with Gasteiger partial charge in [0.2, 0.25) is 11.2 Å². The molecule has 3 heterocycles. The zero-order chi connectivity index (χ0) is 31.0. The lowest BCUT2D eigenvalue weighted by Gasteiger charge is -2.39. The van der Waals surface area contributed by atoms with Gasteiger partial charge in [-0.1, -0.05) is 100.0 Å². The summed E-state index contributed by atoms with van der Waals surface area (Å²) in [5.41, 5.74) is 10.9. The van der Waals surface area contributed by atoms with Crippen LogP contribution in [0.2, 0.25) is 0 Å². The topological polar surface area (TPSA) is 7.76 Å². The molecule has 0 fully saturated rings. The monoisotopic (exact) mass is 590 g/mol. The average Bonchev–Trinajstić information content (AvgIpc) is 3.09. The number of rotatable bonds is 10. The summed E-state index contributed by atoms with van der Waals surface area (Å²) in [6.07, 6.45) is 11.7. The van der Waals surface area contributed by atoms with Crippen molar-refractivity contribution < 1.29 is 9.13 Å². The van der Waals surface area contributed by atoms with Crippen molar-refractivity contribution in [2.45, 2.75) is 84.2 Å². The molecule has 45 heavy (non-hydrogen) atoms. The number of benzene rings is 4. The molecule has 7 rings (SSSR count). The summed E-state index contributed by atoms with van der Waals surface area (Å²) in [5, 5.41) is 4.29. The van der Waals surface area contributed by atoms with Crippen molar-refractivity contribution in [3.05, 3.63) is 132 Å². The van der Waals surface area contributed by atoms with Gasteiger partial charge < -0.3 is 0 Å². The fourth-order valence-electron chi connectivity index (χ4n) is 8.33. The molecule has 1 unspecified atom stereocenters. The second kappa shape index (κ2) is 12.2. The summed E-state index contributed by atoms with van der Waals surface area (Å²) in [7, 11) is 0. The maximum absolute atomic E-state index is 2.71. The molecule has 0 radical (unpaired) electrons. The first-order chi connectivity index (χ1) is 22.1. The zero-order valence-electron chi connectivity index (χ0n) is 27.4. The summed E-state index contributed by atoms with van der Waals surface area (Å²) >= 11 is 0. The van der Waals surface area contributed by atoms with Crippen molar-refractivity contribution >= 4 is 21.7 Å². The second-order valence-corrected chi connectivity index (χ2v) is 13.0. The summed E-state index contributed by atoms with van der Waals surface area (Å²) in [6, 6.07) is 38.6. The van der Waals surface area contributed by atoms with Crippen LogP contribution in [-0.2, 0) is 18.5 Å². The van der Waals surface area contributed by atoms with E-state index in [0.717, 1.165) is 32.2 Å². The first kappa shape index (κ1) is 29.4. The van der Waals surface area contributed by atoms with Gasteiger partial charge in [-0.2, -0.15) is 9.13 Å². The highest BCUT2D eigenvalue weighted by Gasteiger charge is 2.50. The molecule has 0 saturated carbocycles. The van der Waals surface area contributed by atoms with Crippen molar-refractivity contribution in [2.24, 2.45) is 0 Å². The van der Waals surface area contributed by atoms with Gasteiger partial charge in [-0.15, -0.1) is 0 Å². The third-order valence-electron chi connectivity index (χ3n) is 10.8. The minimum atomic E-state index is 0.0253.